The van der Waals surface area contributed by atoms with Crippen LogP contribution >= 0.6 is 22.9 Å². The molecular formula is C12H12ClFN2OS. The predicted molar refractivity (Wildman–Crippen MR) is 71.6 cm³/mol. The molecule has 96 valence electrons. The van der Waals surface area contributed by atoms with E-state index in [1.807, 2.05) is 24.1 Å². The summed E-state index contributed by atoms with van der Waals surface area (Å²) in [4.78, 5) is 6.95. The van der Waals surface area contributed by atoms with Gasteiger partial charge in [0, 0.05) is 17.5 Å². The maximum atomic E-state index is 13.0. The van der Waals surface area contributed by atoms with E-state index >= 15 is 0 Å². The van der Waals surface area contributed by atoms with Gasteiger partial charge in [0.05, 0.1) is 23.7 Å². The molecule has 0 bridgehead atoms. The van der Waals surface area contributed by atoms with Gasteiger partial charge in [-0.3, -0.25) is 0 Å². The fourth-order valence-electron chi connectivity index (χ4n) is 1.68. The van der Waals surface area contributed by atoms with Crippen molar-refractivity contribution in [3.8, 4) is 0 Å². The van der Waals surface area contributed by atoms with Gasteiger partial charge in [0.25, 0.3) is 0 Å². The first kappa shape index (κ1) is 13.3. The molecule has 0 aromatic carbocycles. The molecule has 0 saturated carbocycles. The molecule has 0 fully saturated rings. The number of aliphatic hydroxyl groups is 1. The number of aromatic nitrogens is 1. The highest BCUT2D eigenvalue weighted by molar-refractivity contribution is 7.16. The molecule has 0 spiro atoms. The van der Waals surface area contributed by atoms with Crippen LogP contribution in [0.15, 0.2) is 24.4 Å². The molecule has 2 aromatic heterocycles. The largest absolute Gasteiger partial charge is 0.392 e. The normalized spacial score (nSPS) is 10.7. The van der Waals surface area contributed by atoms with Gasteiger partial charge in [-0.05, 0) is 18.2 Å². The third-order valence-corrected chi connectivity index (χ3v) is 3.68. The number of rotatable bonds is 4. The second-order valence-electron chi connectivity index (χ2n) is 3.86. The van der Waals surface area contributed by atoms with Crippen molar-refractivity contribution in [1.29, 1.82) is 0 Å². The van der Waals surface area contributed by atoms with Gasteiger partial charge in [-0.1, -0.05) is 11.6 Å². The molecule has 0 aliphatic heterocycles. The molecule has 0 saturated heterocycles. The molecule has 0 amide bonds. The summed E-state index contributed by atoms with van der Waals surface area (Å²) in [7, 11) is 1.84. The molecule has 18 heavy (non-hydrogen) atoms. The van der Waals surface area contributed by atoms with E-state index in [1.165, 1.54) is 17.4 Å². The third kappa shape index (κ3) is 2.98. The molecule has 0 aliphatic carbocycles. The van der Waals surface area contributed by atoms with Gasteiger partial charge in [-0.25, -0.2) is 9.37 Å². The minimum atomic E-state index is -0.449. The summed E-state index contributed by atoms with van der Waals surface area (Å²) in [5, 5.41) is 9.21. The van der Waals surface area contributed by atoms with Crippen LogP contribution in [-0.2, 0) is 13.2 Å². The van der Waals surface area contributed by atoms with Crippen LogP contribution in [0.1, 0.15) is 10.4 Å². The summed E-state index contributed by atoms with van der Waals surface area (Å²) in [5.74, 6) is 0.124. The first-order valence-corrected chi connectivity index (χ1v) is 6.50. The highest BCUT2D eigenvalue weighted by Crippen LogP contribution is 2.25. The first-order chi connectivity index (χ1) is 8.60. The number of hydrogen-bond donors (Lipinski definition) is 1. The van der Waals surface area contributed by atoms with Crippen LogP contribution in [0, 0.1) is 5.82 Å². The minimum absolute atomic E-state index is 0.240. The van der Waals surface area contributed by atoms with Gasteiger partial charge in [0.15, 0.2) is 0 Å². The van der Waals surface area contributed by atoms with Crippen molar-refractivity contribution in [2.24, 2.45) is 0 Å². The second kappa shape index (κ2) is 5.65. The van der Waals surface area contributed by atoms with Crippen LogP contribution < -0.4 is 4.90 Å². The molecule has 0 radical (unpaired) electrons. The summed E-state index contributed by atoms with van der Waals surface area (Å²) in [6.07, 6.45) is 1.15. The summed E-state index contributed by atoms with van der Waals surface area (Å²) >= 11 is 7.35. The van der Waals surface area contributed by atoms with E-state index in [0.29, 0.717) is 17.9 Å². The zero-order valence-electron chi connectivity index (χ0n) is 9.73. The van der Waals surface area contributed by atoms with Gasteiger partial charge < -0.3 is 10.0 Å². The molecular weight excluding hydrogens is 275 g/mol. The van der Waals surface area contributed by atoms with Crippen molar-refractivity contribution in [3.05, 3.63) is 45.0 Å². The second-order valence-corrected chi connectivity index (χ2v) is 5.66. The molecule has 2 rings (SSSR count). The van der Waals surface area contributed by atoms with E-state index < -0.39 is 5.82 Å². The van der Waals surface area contributed by atoms with Gasteiger partial charge >= 0.3 is 0 Å². The minimum Gasteiger partial charge on any atom is -0.392 e. The average Bonchev–Trinajstić information content (AvgIpc) is 2.74. The van der Waals surface area contributed by atoms with Crippen LogP contribution in [0.2, 0.25) is 4.34 Å². The molecule has 3 nitrogen and oxygen atoms in total. The first-order valence-electron chi connectivity index (χ1n) is 5.31. The lowest BCUT2D eigenvalue weighted by Gasteiger charge is -2.19. The Hall–Kier alpha value is -1.17. The van der Waals surface area contributed by atoms with Crippen molar-refractivity contribution in [1.82, 2.24) is 4.98 Å². The number of nitrogens with zero attached hydrogens (tertiary/aromatic N) is 2. The van der Waals surface area contributed by atoms with E-state index in [9.17, 15) is 9.50 Å². The zero-order chi connectivity index (χ0) is 13.1. The molecule has 0 aliphatic rings. The van der Waals surface area contributed by atoms with E-state index in [2.05, 4.69) is 4.98 Å². The maximum Gasteiger partial charge on any atom is 0.142 e. The highest BCUT2D eigenvalue weighted by Gasteiger charge is 2.11. The van der Waals surface area contributed by atoms with Gasteiger partial charge in [-0.15, -0.1) is 11.3 Å². The average molecular weight is 287 g/mol. The molecule has 1 N–H and O–H groups in total. The number of aliphatic hydroxyl groups excluding tert-OH is 1. The van der Waals surface area contributed by atoms with E-state index in [-0.39, 0.29) is 6.61 Å². The number of hydrogen-bond acceptors (Lipinski definition) is 4. The van der Waals surface area contributed by atoms with E-state index in [0.717, 1.165) is 15.4 Å². The Morgan fingerprint density at radius 1 is 1.50 bits per heavy atom. The molecule has 2 heterocycles. The third-order valence-electron chi connectivity index (χ3n) is 2.46. The van der Waals surface area contributed by atoms with Crippen LogP contribution in [0.5, 0.6) is 0 Å². The fourth-order valence-corrected chi connectivity index (χ4v) is 2.82. The predicted octanol–water partition coefficient (Wildman–Crippen LogP) is 3.06. The van der Waals surface area contributed by atoms with E-state index in [4.69, 9.17) is 11.6 Å². The van der Waals surface area contributed by atoms with Crippen LogP contribution in [-0.4, -0.2) is 17.1 Å². The lowest BCUT2D eigenvalue weighted by Crippen LogP contribution is -2.19. The fraction of sp³-hybridized carbons (Fsp3) is 0.250. The molecule has 6 heteroatoms. The van der Waals surface area contributed by atoms with Gasteiger partial charge in [-0.2, -0.15) is 0 Å². The lowest BCUT2D eigenvalue weighted by atomic mass is 10.2. The van der Waals surface area contributed by atoms with Gasteiger partial charge in [0.1, 0.15) is 11.6 Å². The Balaban J connectivity index is 2.20. The Labute approximate surface area is 113 Å². The summed E-state index contributed by atoms with van der Waals surface area (Å²) in [6, 6.07) is 5.06. The van der Waals surface area contributed by atoms with Crippen LogP contribution in [0.4, 0.5) is 10.2 Å². The monoisotopic (exact) mass is 286 g/mol. The Morgan fingerprint density at radius 3 is 2.89 bits per heavy atom. The lowest BCUT2D eigenvalue weighted by molar-refractivity contribution is 0.281. The maximum absolute atomic E-state index is 13.0. The standard InChI is InChI=1S/C12H12ClFN2OS/c1-16(6-10-2-3-11(13)18-10)12-8(7-17)4-9(14)5-15-12/h2-5,17H,6-7H2,1H3. The Kier molecular flexibility index (Phi) is 4.16. The van der Waals surface area contributed by atoms with Crippen LogP contribution in [0.3, 0.4) is 0 Å². The number of thiophene rings is 1. The Bertz CT molecular complexity index is 547. The number of anilines is 1. The smallest absolute Gasteiger partial charge is 0.142 e. The zero-order valence-corrected chi connectivity index (χ0v) is 11.3. The highest BCUT2D eigenvalue weighted by atomic mass is 35.5. The van der Waals surface area contributed by atoms with Crippen molar-refractivity contribution in [2.75, 3.05) is 11.9 Å². The van der Waals surface area contributed by atoms with Crippen LogP contribution in [0.25, 0.3) is 0 Å². The SMILES string of the molecule is CN(Cc1ccc(Cl)s1)c1ncc(F)cc1CO. The summed E-state index contributed by atoms with van der Waals surface area (Å²) in [5.41, 5.74) is 0.472. The van der Waals surface area contributed by atoms with Crippen molar-refractivity contribution in [3.63, 3.8) is 0 Å². The van der Waals surface area contributed by atoms with Crippen molar-refractivity contribution in [2.45, 2.75) is 13.2 Å². The van der Waals surface area contributed by atoms with E-state index in [1.54, 1.807) is 0 Å². The quantitative estimate of drug-likeness (QED) is 0.938. The topological polar surface area (TPSA) is 36.4 Å². The Morgan fingerprint density at radius 2 is 2.28 bits per heavy atom. The number of pyridine rings is 1. The summed E-state index contributed by atoms with van der Waals surface area (Å²) < 4.78 is 13.7. The molecule has 0 atom stereocenters. The van der Waals surface area contributed by atoms with Gasteiger partial charge in [0.2, 0.25) is 0 Å². The molecule has 2 aromatic rings. The molecule has 0 unspecified atom stereocenters. The van der Waals surface area contributed by atoms with Crippen molar-refractivity contribution < 1.29 is 9.50 Å². The summed E-state index contributed by atoms with van der Waals surface area (Å²) in [6.45, 7) is 0.374. The van der Waals surface area contributed by atoms with Crippen molar-refractivity contribution >= 4 is 28.8 Å². The number of halogens is 2.